The van der Waals surface area contributed by atoms with Crippen LogP contribution in [0.5, 0.6) is 0 Å². The molecule has 9 heteroatoms. The Morgan fingerprint density at radius 3 is 2.40 bits per heavy atom. The number of nitrogens with zero attached hydrogens (tertiary/aromatic N) is 3. The first-order valence-corrected chi connectivity index (χ1v) is 19.7. The number of ether oxygens (including phenoxy) is 1. The first kappa shape index (κ1) is 25.2. The van der Waals surface area contributed by atoms with Crippen LogP contribution in [-0.2, 0) is 20.9 Å². The van der Waals surface area contributed by atoms with E-state index in [9.17, 15) is 9.59 Å². The maximum absolute atomic E-state index is 13.8. The predicted molar refractivity (Wildman–Crippen MR) is 146 cm³/mol. The molecule has 0 bridgehead atoms. The zero-order chi connectivity index (χ0) is 24.0. The number of morpholine rings is 1. The van der Waals surface area contributed by atoms with E-state index in [-0.39, 0.29) is 17.7 Å². The third-order valence-corrected chi connectivity index (χ3v) is 20.4. The number of hydrogen-bond donors (Lipinski definition) is 0. The standard InChI is InChI=1S/C26H32AsN3O3S2/c31-25(29-12-14-33-15-13-29)20-28-11-10-22(19-28)26(32)30(18-21-4-2-1-3-5-21)24-8-6-23(7-9-24)27-34-16-17-35-27/h1-9,22H,10-20H2/t22-/m1/s1. The minimum absolute atomic E-state index is 0.0911. The molecule has 2 aromatic rings. The van der Waals surface area contributed by atoms with Crippen molar-refractivity contribution in [2.45, 2.75) is 13.0 Å². The summed E-state index contributed by atoms with van der Waals surface area (Å²) in [6, 6.07) is 19.0. The molecule has 2 amide bonds. The van der Waals surface area contributed by atoms with Gasteiger partial charge in [-0.05, 0) is 0 Å². The van der Waals surface area contributed by atoms with Gasteiger partial charge in [-0.15, -0.1) is 0 Å². The van der Waals surface area contributed by atoms with Crippen molar-refractivity contribution < 1.29 is 14.3 Å². The minimum atomic E-state index is -1.03. The van der Waals surface area contributed by atoms with Gasteiger partial charge in [0.2, 0.25) is 0 Å². The summed E-state index contributed by atoms with van der Waals surface area (Å²) < 4.78 is 6.83. The fraction of sp³-hybridized carbons (Fsp3) is 0.462. The number of carbonyl (C=O) groups is 2. The quantitative estimate of drug-likeness (QED) is 0.475. The Morgan fingerprint density at radius 1 is 0.971 bits per heavy atom. The maximum atomic E-state index is 13.8. The van der Waals surface area contributed by atoms with Crippen molar-refractivity contribution >= 4 is 54.2 Å². The SMILES string of the molecule is O=C(CN1CC[C@@H](C(=O)N(Cc2ccccc2)c2ccc([As]3SCCS3)cc2)C1)N1CCOCC1. The van der Waals surface area contributed by atoms with Crippen LogP contribution in [-0.4, -0.2) is 91.4 Å². The molecule has 3 fully saturated rings. The van der Waals surface area contributed by atoms with Crippen LogP contribution >= 0.6 is 20.0 Å². The van der Waals surface area contributed by atoms with Crippen LogP contribution in [0.3, 0.4) is 0 Å². The van der Waals surface area contributed by atoms with E-state index in [1.165, 1.54) is 15.9 Å². The first-order chi connectivity index (χ1) is 17.2. The molecule has 3 saturated heterocycles. The molecule has 0 saturated carbocycles. The fourth-order valence-corrected chi connectivity index (χ4v) is 18.9. The van der Waals surface area contributed by atoms with E-state index in [0.29, 0.717) is 45.9 Å². The summed E-state index contributed by atoms with van der Waals surface area (Å²) >= 11 is -1.03. The molecule has 3 heterocycles. The van der Waals surface area contributed by atoms with Crippen molar-refractivity contribution in [2.75, 3.05) is 62.3 Å². The summed E-state index contributed by atoms with van der Waals surface area (Å²) in [5.74, 6) is 2.73. The van der Waals surface area contributed by atoms with E-state index in [2.05, 4.69) is 61.3 Å². The van der Waals surface area contributed by atoms with E-state index in [1.807, 2.05) is 28.0 Å². The Morgan fingerprint density at radius 2 is 1.69 bits per heavy atom. The average molecular weight is 574 g/mol. The van der Waals surface area contributed by atoms with Gasteiger partial charge >= 0.3 is 189 Å². The van der Waals surface area contributed by atoms with Gasteiger partial charge < -0.3 is 4.74 Å². The zero-order valence-corrected chi connectivity index (χ0v) is 23.4. The molecule has 0 radical (unpaired) electrons. The smallest absolute Gasteiger partial charge is 0.378 e. The second-order valence-electron chi connectivity index (χ2n) is 9.06. The summed E-state index contributed by atoms with van der Waals surface area (Å²) in [6.45, 7) is 4.93. The van der Waals surface area contributed by atoms with Crippen LogP contribution < -0.4 is 9.25 Å². The Labute approximate surface area is 219 Å². The van der Waals surface area contributed by atoms with Gasteiger partial charge in [-0.2, -0.15) is 0 Å². The molecule has 186 valence electrons. The zero-order valence-electron chi connectivity index (χ0n) is 19.9. The molecule has 6 nitrogen and oxygen atoms in total. The predicted octanol–water partition coefficient (Wildman–Crippen LogP) is 2.58. The number of hydrogen-bond acceptors (Lipinski definition) is 6. The van der Waals surface area contributed by atoms with Gasteiger partial charge in [-0.25, -0.2) is 0 Å². The van der Waals surface area contributed by atoms with Crippen LogP contribution in [0.25, 0.3) is 0 Å². The third kappa shape index (κ3) is 6.47. The van der Waals surface area contributed by atoms with E-state index in [4.69, 9.17) is 4.74 Å². The van der Waals surface area contributed by atoms with Crippen LogP contribution in [0, 0.1) is 5.92 Å². The normalized spacial score (nSPS) is 21.4. The number of rotatable bonds is 7. The summed E-state index contributed by atoms with van der Waals surface area (Å²) in [5.41, 5.74) is 2.09. The van der Waals surface area contributed by atoms with Crippen molar-refractivity contribution in [1.29, 1.82) is 0 Å². The average Bonchev–Trinajstić information content (AvgIpc) is 3.61. The van der Waals surface area contributed by atoms with Gasteiger partial charge in [0.05, 0.1) is 13.2 Å². The number of carbonyl (C=O) groups excluding carboxylic acids is 2. The van der Waals surface area contributed by atoms with Crippen LogP contribution in [0.1, 0.15) is 12.0 Å². The van der Waals surface area contributed by atoms with Crippen LogP contribution in [0.4, 0.5) is 5.69 Å². The van der Waals surface area contributed by atoms with Gasteiger partial charge in [0.25, 0.3) is 0 Å². The summed E-state index contributed by atoms with van der Waals surface area (Å²) in [7, 11) is 4.28. The molecular weight excluding hydrogens is 541 g/mol. The number of anilines is 1. The molecule has 3 aliphatic heterocycles. The second kappa shape index (κ2) is 12.2. The molecule has 1 atom stereocenters. The van der Waals surface area contributed by atoms with Gasteiger partial charge in [0.15, 0.2) is 0 Å². The molecule has 5 rings (SSSR count). The Bertz CT molecular complexity index is 999. The van der Waals surface area contributed by atoms with Crippen molar-refractivity contribution in [2.24, 2.45) is 5.92 Å². The van der Waals surface area contributed by atoms with Gasteiger partial charge in [0.1, 0.15) is 0 Å². The second-order valence-corrected chi connectivity index (χ2v) is 20.8. The van der Waals surface area contributed by atoms with Crippen molar-refractivity contribution in [3.8, 4) is 0 Å². The fourth-order valence-electron chi connectivity index (χ4n) is 4.75. The topological polar surface area (TPSA) is 53.1 Å². The van der Waals surface area contributed by atoms with Gasteiger partial charge in [-0.1, -0.05) is 0 Å². The molecule has 35 heavy (non-hydrogen) atoms. The molecule has 0 spiro atoms. The summed E-state index contributed by atoms with van der Waals surface area (Å²) in [6.07, 6.45) is 0.793. The number of likely N-dealkylation sites (tertiary alicyclic amines) is 1. The van der Waals surface area contributed by atoms with E-state index in [1.54, 1.807) is 0 Å². The Kier molecular flexibility index (Phi) is 8.79. The molecule has 0 N–H and O–H groups in total. The molecule has 0 aliphatic carbocycles. The van der Waals surface area contributed by atoms with Gasteiger partial charge in [-0.3, -0.25) is 0 Å². The van der Waals surface area contributed by atoms with E-state index < -0.39 is 12.3 Å². The third-order valence-electron chi connectivity index (χ3n) is 6.67. The van der Waals surface area contributed by atoms with Crippen molar-refractivity contribution in [3.63, 3.8) is 0 Å². The number of amides is 2. The van der Waals surface area contributed by atoms with Crippen molar-refractivity contribution in [1.82, 2.24) is 9.80 Å². The molecule has 0 unspecified atom stereocenters. The van der Waals surface area contributed by atoms with Crippen LogP contribution in [0.15, 0.2) is 54.6 Å². The van der Waals surface area contributed by atoms with E-state index in [0.717, 1.165) is 24.2 Å². The summed E-state index contributed by atoms with van der Waals surface area (Å²) in [5, 5.41) is 0. The van der Waals surface area contributed by atoms with E-state index >= 15 is 0 Å². The number of benzene rings is 2. The monoisotopic (exact) mass is 573 g/mol. The van der Waals surface area contributed by atoms with Gasteiger partial charge in [0, 0.05) is 13.1 Å². The molecule has 2 aromatic carbocycles. The Balaban J connectivity index is 1.27. The first-order valence-electron chi connectivity index (χ1n) is 12.3. The molecule has 3 aliphatic rings. The van der Waals surface area contributed by atoms with Crippen molar-refractivity contribution in [3.05, 3.63) is 60.2 Å². The Hall–Kier alpha value is -1.44. The summed E-state index contributed by atoms with van der Waals surface area (Å²) in [4.78, 5) is 32.5. The molecule has 0 aromatic heterocycles. The molecular formula is C26H32AsN3O3S2. The van der Waals surface area contributed by atoms with Crippen LogP contribution in [0.2, 0.25) is 0 Å². The minimum Gasteiger partial charge on any atom is -0.378 e.